The van der Waals surface area contributed by atoms with Gasteiger partial charge in [0.05, 0.1) is 0 Å². The summed E-state index contributed by atoms with van der Waals surface area (Å²) in [6, 6.07) is 47.8. The van der Waals surface area contributed by atoms with Crippen molar-refractivity contribution in [3.05, 3.63) is 232 Å². The number of carbonyl (C=O) groups is 4. The van der Waals surface area contributed by atoms with Crippen LogP contribution in [0.1, 0.15) is 109 Å². The van der Waals surface area contributed by atoms with Crippen molar-refractivity contribution in [2.45, 2.75) is 97.8 Å². The van der Waals surface area contributed by atoms with Crippen LogP contribution in [-0.4, -0.2) is 52.7 Å². The van der Waals surface area contributed by atoms with Crippen molar-refractivity contribution >= 4 is 92.1 Å². The largest absolute Gasteiger partial charge is 1.00 e. The average molecular weight is 1320 g/mol. The first-order valence-electron chi connectivity index (χ1n) is 30.3. The van der Waals surface area contributed by atoms with Gasteiger partial charge < -0.3 is 48.3 Å². The first-order valence-corrected chi connectivity index (χ1v) is 30.3. The molecule has 0 N–H and O–H groups in total. The number of aromatic nitrogens is 3. The summed E-state index contributed by atoms with van der Waals surface area (Å²) in [4.78, 5) is 50.7. The van der Waals surface area contributed by atoms with Crippen molar-refractivity contribution in [2.24, 2.45) is 21.1 Å². The summed E-state index contributed by atoms with van der Waals surface area (Å²) < 4.78 is 10.7. The summed E-state index contributed by atoms with van der Waals surface area (Å²) >= 11 is 0. The van der Waals surface area contributed by atoms with Crippen LogP contribution in [0.15, 0.2) is 193 Å². The van der Waals surface area contributed by atoms with Gasteiger partial charge in [-0.2, -0.15) is 13.7 Å². The van der Waals surface area contributed by atoms with Crippen LogP contribution in [0.25, 0.3) is 44.9 Å². The van der Waals surface area contributed by atoms with E-state index in [1.54, 1.807) is 12.2 Å². The molecule has 3 aromatic heterocycles. The predicted molar refractivity (Wildman–Crippen MR) is 364 cm³/mol. The standard InChI is InChI=1S/C42H44N4.C20H24N2O2.C11H12N.C4H6O3.HI/c1-41(2)33-27-38-34(28-37(33)45(7)39(41)21-13-17-31-25-23-29-15-9-11-19-35(29)43(31)5)42(3,4)40(46(38)8)22-14-18-32-26-24-30-16-10-12-20-36(30)44(32)6;1-19(2)13-11-16-14(12-15(13)21(5)17(19)7-9-23)20(3,4)18(8-10-24)22(16)6;1-9-7-8-10-5-3-4-6-11(10)12(9)2;1-3(5)7-4(2)6;/h9-28H,1-8H3;7-12H,1-6H3;3-8H,1-2H3;1-2H3;1H/q+2;;+1;;/p-1/b;17-7-,18-8-;;;. The number of hydrogen-bond acceptors (Lipinski definition) is 9. The van der Waals surface area contributed by atoms with Gasteiger partial charge in [-0.3, -0.25) is 19.2 Å². The molecule has 464 valence electrons. The van der Waals surface area contributed by atoms with Gasteiger partial charge in [-0.05, 0) is 107 Å². The van der Waals surface area contributed by atoms with Gasteiger partial charge in [-0.15, -0.1) is 0 Å². The third-order valence-corrected chi connectivity index (χ3v) is 18.7. The SMILES string of the molecule is CC(=O)OC(C)=O.CN1/C(=C\C=O)C(C)(C)c2cc3c(cc21)C(C)(C)/C(=C/C=O)N3C.CN1C(=CC=Cc2ccc3ccccc3[n+]2C)C(C)(C)c2cc3c(cc21)C(C)(C)C(=CC=Cc1ccc2ccccc2[n+]1C)N3C.Cc1ccc2ccccc2[n+]1C.[I-]. The lowest BCUT2D eigenvalue weighted by Gasteiger charge is -2.25. The van der Waals surface area contributed by atoms with Crippen molar-refractivity contribution in [2.75, 3.05) is 47.8 Å². The molecule has 0 amide bonds. The molecule has 8 aromatic rings. The van der Waals surface area contributed by atoms with Crippen LogP contribution >= 0.6 is 0 Å². The molecule has 0 bridgehead atoms. The number of halogens is 1. The van der Waals surface area contributed by atoms with Crippen molar-refractivity contribution in [1.29, 1.82) is 0 Å². The maximum absolute atomic E-state index is 11.1. The summed E-state index contributed by atoms with van der Waals surface area (Å²) in [5, 5.41) is 3.80. The molecular weight excluding hydrogens is 1230 g/mol. The average Bonchev–Trinajstić information content (AvgIpc) is 1.57. The third-order valence-electron chi connectivity index (χ3n) is 18.7. The summed E-state index contributed by atoms with van der Waals surface area (Å²) in [5.41, 5.74) is 21.2. The smallest absolute Gasteiger partial charge is 0.310 e. The number of esters is 2. The van der Waals surface area contributed by atoms with Gasteiger partial charge in [0.15, 0.2) is 5.69 Å². The summed E-state index contributed by atoms with van der Waals surface area (Å²) in [5.74, 6) is -1.12. The molecule has 13 heteroatoms. The molecule has 12 nitrogen and oxygen atoms in total. The monoisotopic (exact) mass is 1320 g/mol. The highest BCUT2D eigenvalue weighted by atomic mass is 127. The number of benzene rings is 5. The van der Waals surface area contributed by atoms with Crippen molar-refractivity contribution < 1.29 is 61.6 Å². The molecule has 0 aliphatic carbocycles. The fourth-order valence-electron chi connectivity index (χ4n) is 13.6. The Morgan fingerprint density at radius 3 is 0.978 bits per heavy atom. The number of ether oxygens (including phenoxy) is 1. The van der Waals surface area contributed by atoms with Gasteiger partial charge in [-0.1, -0.05) is 104 Å². The van der Waals surface area contributed by atoms with E-state index in [2.05, 4.69) is 306 Å². The molecule has 0 fully saturated rings. The van der Waals surface area contributed by atoms with Crippen LogP contribution in [0, 0.1) is 6.92 Å². The maximum Gasteiger partial charge on any atom is 0.310 e. The summed E-state index contributed by atoms with van der Waals surface area (Å²) in [6.07, 6.45) is 18.4. The lowest BCUT2D eigenvalue weighted by Crippen LogP contribution is -3.00. The number of rotatable bonds is 6. The highest BCUT2D eigenvalue weighted by Gasteiger charge is 2.46. The van der Waals surface area contributed by atoms with Gasteiger partial charge in [-0.25, -0.2) is 0 Å². The van der Waals surface area contributed by atoms with Crippen LogP contribution in [0.5, 0.6) is 0 Å². The van der Waals surface area contributed by atoms with Crippen LogP contribution in [-0.2, 0) is 66.7 Å². The molecule has 12 rings (SSSR count). The predicted octanol–water partition coefficient (Wildman–Crippen LogP) is 10.7. The Hall–Kier alpha value is -8.82. The van der Waals surface area contributed by atoms with Gasteiger partial charge in [0, 0.05) is 181 Å². The van der Waals surface area contributed by atoms with Crippen LogP contribution in [0.2, 0.25) is 0 Å². The van der Waals surface area contributed by atoms with Gasteiger partial charge in [0.25, 0.3) is 0 Å². The van der Waals surface area contributed by atoms with Crippen LogP contribution in [0.4, 0.5) is 22.7 Å². The first kappa shape index (κ1) is 67.1. The van der Waals surface area contributed by atoms with Crippen molar-refractivity contribution in [1.82, 2.24) is 0 Å². The normalized spacial score (nSPS) is 17.8. The second-order valence-corrected chi connectivity index (χ2v) is 25.6. The zero-order valence-electron chi connectivity index (χ0n) is 55.5. The van der Waals surface area contributed by atoms with E-state index >= 15 is 0 Å². The molecule has 4 aliphatic heterocycles. The number of anilines is 4. The fraction of sp³-hybridized carbons (Fsp3) is 0.286. The molecule has 4 aliphatic rings. The minimum Gasteiger partial charge on any atom is -1.00 e. The number of nitrogens with zero attached hydrogens (tertiary/aromatic N) is 7. The van der Waals surface area contributed by atoms with E-state index in [9.17, 15) is 19.2 Å². The molecule has 0 unspecified atom stereocenters. The molecule has 7 heterocycles. The fourth-order valence-corrected chi connectivity index (χ4v) is 13.6. The zero-order valence-corrected chi connectivity index (χ0v) is 57.7. The van der Waals surface area contributed by atoms with E-state index in [4.69, 9.17) is 0 Å². The zero-order chi connectivity index (χ0) is 64.7. The number of para-hydroxylation sites is 3. The highest BCUT2D eigenvalue weighted by molar-refractivity contribution is 5.86. The highest BCUT2D eigenvalue weighted by Crippen LogP contribution is 2.56. The van der Waals surface area contributed by atoms with E-state index in [-0.39, 0.29) is 45.6 Å². The summed E-state index contributed by atoms with van der Waals surface area (Å²) in [6.45, 7) is 22.4. The second kappa shape index (κ2) is 26.3. The van der Waals surface area contributed by atoms with E-state index in [1.807, 2.05) is 14.1 Å². The molecule has 5 aromatic carbocycles. The minimum absolute atomic E-state index is 0. The van der Waals surface area contributed by atoms with Crippen LogP contribution < -0.4 is 57.3 Å². The Kier molecular flexibility index (Phi) is 19.6. The number of carbonyl (C=O) groups excluding carboxylic acids is 4. The molecule has 90 heavy (non-hydrogen) atoms. The molecule has 0 radical (unpaired) electrons. The quantitative estimate of drug-likeness (QED) is 0.0402. The Morgan fingerprint density at radius 2 is 0.689 bits per heavy atom. The molecule has 0 atom stereocenters. The topological polar surface area (TPSA) is 102 Å². The lowest BCUT2D eigenvalue weighted by molar-refractivity contribution is -0.651. The van der Waals surface area contributed by atoms with Crippen molar-refractivity contribution in [3.8, 4) is 0 Å². The van der Waals surface area contributed by atoms with E-state index < -0.39 is 11.9 Å². The van der Waals surface area contributed by atoms with Crippen molar-refractivity contribution in [3.63, 3.8) is 0 Å². The minimum atomic E-state index is -0.562. The number of aryl methyl sites for hydroxylation is 4. The van der Waals surface area contributed by atoms with E-state index in [1.165, 1.54) is 109 Å². The molecule has 0 saturated heterocycles. The van der Waals surface area contributed by atoms with Gasteiger partial charge >= 0.3 is 11.9 Å². The Labute approximate surface area is 549 Å². The third kappa shape index (κ3) is 12.4. The summed E-state index contributed by atoms with van der Waals surface area (Å²) in [7, 11) is 14.8. The second-order valence-electron chi connectivity index (χ2n) is 25.6. The molecular formula is C77H86IN7O5+2. The molecule has 0 spiro atoms. The number of fused-ring (bicyclic) bond motifs is 7. The van der Waals surface area contributed by atoms with E-state index in [0.29, 0.717) is 0 Å². The number of hydrogen-bond donors (Lipinski definition) is 0. The maximum atomic E-state index is 11.1. The number of allylic oxidation sites excluding steroid dienone is 10. The first-order chi connectivity index (χ1) is 42.1. The van der Waals surface area contributed by atoms with Gasteiger partial charge in [0.2, 0.25) is 27.9 Å². The number of likely N-dealkylation sites (N-methyl/N-ethyl adjacent to an activating group) is 4. The molecule has 0 saturated carbocycles. The number of pyridine rings is 3. The number of aldehydes is 2. The lowest BCUT2D eigenvalue weighted by atomic mass is 9.80. The van der Waals surface area contributed by atoms with Gasteiger partial charge in [0.1, 0.15) is 33.7 Å². The Balaban J connectivity index is 0.000000196. The van der Waals surface area contributed by atoms with Crippen LogP contribution in [0.3, 0.4) is 0 Å². The van der Waals surface area contributed by atoms with E-state index in [0.717, 1.165) is 35.3 Å². The Bertz CT molecular complexity index is 4140. The Morgan fingerprint density at radius 1 is 0.411 bits per heavy atom.